The van der Waals surface area contributed by atoms with Crippen LogP contribution in [-0.2, 0) is 20.3 Å². The Kier molecular flexibility index (Phi) is 14.5. The van der Waals surface area contributed by atoms with Crippen LogP contribution in [-0.4, -0.2) is 51.4 Å². The monoisotopic (exact) mass is 426 g/mol. The van der Waals surface area contributed by atoms with Crippen molar-refractivity contribution in [1.29, 1.82) is 0 Å². The summed E-state index contributed by atoms with van der Waals surface area (Å²) in [6, 6.07) is 6.29. The zero-order valence-electron chi connectivity index (χ0n) is 14.6. The van der Waals surface area contributed by atoms with Crippen LogP contribution in [0.5, 0.6) is 5.75 Å². The van der Waals surface area contributed by atoms with Crippen LogP contribution in [0.15, 0.2) is 24.3 Å². The van der Waals surface area contributed by atoms with Crippen molar-refractivity contribution in [3.63, 3.8) is 0 Å². The Bertz CT molecular complexity index is 625. The van der Waals surface area contributed by atoms with E-state index in [2.05, 4.69) is 5.32 Å². The number of nitrogens with zero attached hydrogens (tertiary/aromatic N) is 1. The first-order valence-corrected chi connectivity index (χ1v) is 10.3. The number of phenols is 1. The first-order valence-electron chi connectivity index (χ1n) is 6.77. The molecular weight excluding hydrogens is 408 g/mol. The fourth-order valence-electron chi connectivity index (χ4n) is 1.92. The third-order valence-corrected chi connectivity index (χ3v) is 4.31. The van der Waals surface area contributed by atoms with Crippen molar-refractivity contribution < 1.29 is 97.7 Å². The molecule has 0 heterocycles. The number of nitrogens with one attached hydrogen (secondary N) is 1. The molecule has 0 aliphatic rings. The van der Waals surface area contributed by atoms with Crippen LogP contribution in [0.1, 0.15) is 5.56 Å². The van der Waals surface area contributed by atoms with Crippen molar-refractivity contribution in [2.45, 2.75) is 6.42 Å². The van der Waals surface area contributed by atoms with Gasteiger partial charge in [0.2, 0.25) is 5.91 Å². The van der Waals surface area contributed by atoms with Crippen LogP contribution < -0.4 is 74.2 Å². The van der Waals surface area contributed by atoms with E-state index < -0.39 is 40.2 Å². The molecule has 0 radical (unpaired) electrons. The Morgan fingerprint density at radius 2 is 1.50 bits per heavy atom. The summed E-state index contributed by atoms with van der Waals surface area (Å²) in [5, 5.41) is 11.6. The van der Waals surface area contributed by atoms with Crippen LogP contribution in [0.25, 0.3) is 0 Å². The molecule has 0 bridgehead atoms. The smallest absolute Gasteiger partial charge is 0.778 e. The third kappa shape index (κ3) is 14.8. The number of rotatable bonds is 9. The molecule has 4 N–H and O–H groups in total. The van der Waals surface area contributed by atoms with Gasteiger partial charge >= 0.3 is 59.1 Å². The number of carbonyl (C=O) groups excluding carboxylic acids is 1. The standard InChI is InChI=1S/C12H20N2O8P2.2Na/c15-11-3-1-10(2-4-11)5-6-13-12(16)7-14(8-23(17,18)19)9-24(20,21)22;;/h1-4,15H,5-9H2,(H,13,16)(H2,17,18,19)(H2,20,21,22);;/q;2*+1/p-2. The van der Waals surface area contributed by atoms with Gasteiger partial charge in [0.05, 0.1) is 19.1 Å². The number of phenolic OH excluding ortho intramolecular Hbond substituents is 1. The minimum Gasteiger partial charge on any atom is -0.778 e. The van der Waals surface area contributed by atoms with E-state index in [1.165, 1.54) is 12.1 Å². The Balaban J connectivity index is 0. The van der Waals surface area contributed by atoms with Crippen molar-refractivity contribution in [2.24, 2.45) is 0 Å². The summed E-state index contributed by atoms with van der Waals surface area (Å²) < 4.78 is 21.7. The normalized spacial score (nSPS) is 15.1. The summed E-state index contributed by atoms with van der Waals surface area (Å²) in [5.74, 6) is -0.564. The largest absolute Gasteiger partial charge is 1.00 e. The van der Waals surface area contributed by atoms with Crippen LogP contribution >= 0.6 is 15.2 Å². The first kappa shape index (κ1) is 29.0. The molecule has 2 unspecified atom stereocenters. The molecule has 1 amide bonds. The molecule has 0 aliphatic carbocycles. The van der Waals surface area contributed by atoms with Gasteiger partial charge in [-0.15, -0.1) is 0 Å². The Labute approximate surface area is 195 Å². The maximum absolute atomic E-state index is 11.7. The Hall–Kier alpha value is 0.750. The Morgan fingerprint density at radius 1 is 1.04 bits per heavy atom. The van der Waals surface area contributed by atoms with E-state index in [9.17, 15) is 23.7 Å². The molecule has 0 fully saturated rings. The van der Waals surface area contributed by atoms with Gasteiger partial charge in [0.1, 0.15) is 20.9 Å². The molecular formula is C12H18N2Na2O8P2. The van der Waals surface area contributed by atoms with E-state index in [1.807, 2.05) is 0 Å². The zero-order valence-corrected chi connectivity index (χ0v) is 20.4. The average molecular weight is 426 g/mol. The number of benzene rings is 1. The minimum absolute atomic E-state index is 0. The van der Waals surface area contributed by atoms with Crippen LogP contribution in [0.2, 0.25) is 0 Å². The summed E-state index contributed by atoms with van der Waals surface area (Å²) in [6.45, 7) is -0.436. The van der Waals surface area contributed by atoms with Gasteiger partial charge in [-0.25, -0.2) is 0 Å². The van der Waals surface area contributed by atoms with Crippen molar-refractivity contribution in [3.05, 3.63) is 29.8 Å². The SMILES string of the molecule is O=C(CN(CP(=O)([O-])O)CP(=O)([O-])O)NCCc1ccc(O)cc1.[Na+].[Na+]. The zero-order chi connectivity index (χ0) is 18.4. The van der Waals surface area contributed by atoms with Crippen molar-refractivity contribution in [2.75, 3.05) is 25.7 Å². The van der Waals surface area contributed by atoms with Crippen LogP contribution in [0, 0.1) is 0 Å². The van der Waals surface area contributed by atoms with E-state index in [-0.39, 0.29) is 71.4 Å². The number of hydrogen-bond donors (Lipinski definition) is 4. The molecule has 0 saturated heterocycles. The fourth-order valence-corrected chi connectivity index (χ4v) is 3.49. The van der Waals surface area contributed by atoms with Gasteiger partial charge in [0.15, 0.2) is 0 Å². The molecule has 26 heavy (non-hydrogen) atoms. The van der Waals surface area contributed by atoms with Crippen LogP contribution in [0.4, 0.5) is 0 Å². The maximum atomic E-state index is 11.7. The van der Waals surface area contributed by atoms with E-state index in [0.717, 1.165) is 5.56 Å². The minimum atomic E-state index is -4.84. The summed E-state index contributed by atoms with van der Waals surface area (Å²) in [7, 11) is -9.68. The van der Waals surface area contributed by atoms with Crippen molar-refractivity contribution >= 4 is 21.1 Å². The van der Waals surface area contributed by atoms with Gasteiger partial charge < -0.3 is 39.1 Å². The third-order valence-electron chi connectivity index (χ3n) is 2.80. The van der Waals surface area contributed by atoms with E-state index in [1.54, 1.807) is 12.1 Å². The molecule has 0 aliphatic heterocycles. The second-order valence-electron chi connectivity index (χ2n) is 5.15. The molecule has 136 valence electrons. The van der Waals surface area contributed by atoms with Gasteiger partial charge in [-0.05, 0) is 24.1 Å². The summed E-state index contributed by atoms with van der Waals surface area (Å²) in [5.41, 5.74) is 0.837. The maximum Gasteiger partial charge on any atom is 1.00 e. The molecule has 0 aromatic heterocycles. The molecule has 10 nitrogen and oxygen atoms in total. The molecule has 1 rings (SSSR count). The second-order valence-corrected chi connectivity index (χ2v) is 8.27. The van der Waals surface area contributed by atoms with Crippen molar-refractivity contribution in [1.82, 2.24) is 10.2 Å². The van der Waals surface area contributed by atoms with Gasteiger partial charge in [-0.1, -0.05) is 12.1 Å². The van der Waals surface area contributed by atoms with E-state index in [0.29, 0.717) is 11.3 Å². The summed E-state index contributed by atoms with van der Waals surface area (Å²) in [6.07, 6.45) is -1.72. The molecule has 0 spiro atoms. The second kappa shape index (κ2) is 13.1. The fraction of sp³-hybridized carbons (Fsp3) is 0.417. The quantitative estimate of drug-likeness (QED) is 0.221. The van der Waals surface area contributed by atoms with Gasteiger partial charge in [0.25, 0.3) is 0 Å². The summed E-state index contributed by atoms with van der Waals surface area (Å²) >= 11 is 0. The number of amides is 1. The first-order chi connectivity index (χ1) is 10.9. The summed E-state index contributed by atoms with van der Waals surface area (Å²) in [4.78, 5) is 51.6. The molecule has 14 heteroatoms. The average Bonchev–Trinajstić information content (AvgIpc) is 2.37. The van der Waals surface area contributed by atoms with Gasteiger partial charge in [-0.3, -0.25) is 9.69 Å². The molecule has 0 saturated carbocycles. The van der Waals surface area contributed by atoms with E-state index in [4.69, 9.17) is 14.9 Å². The topological polar surface area (TPSA) is 173 Å². The van der Waals surface area contributed by atoms with Gasteiger partial charge in [0, 0.05) is 6.54 Å². The predicted molar refractivity (Wildman–Crippen MR) is 80.9 cm³/mol. The van der Waals surface area contributed by atoms with Crippen molar-refractivity contribution in [3.8, 4) is 5.75 Å². The number of aromatic hydroxyl groups is 1. The Morgan fingerprint density at radius 3 is 1.92 bits per heavy atom. The van der Waals surface area contributed by atoms with Gasteiger partial charge in [-0.2, -0.15) is 0 Å². The molecule has 1 aromatic carbocycles. The number of hydrogen-bond acceptors (Lipinski definition) is 7. The molecule has 2 atom stereocenters. The van der Waals surface area contributed by atoms with Crippen LogP contribution in [0.3, 0.4) is 0 Å². The number of carbonyl (C=O) groups is 1. The molecule has 1 aromatic rings. The van der Waals surface area contributed by atoms with E-state index >= 15 is 0 Å². The predicted octanol–water partition coefficient (Wildman–Crippen LogP) is -7.63.